The maximum Gasteiger partial charge on any atom is 0.246 e. The van der Waals surface area contributed by atoms with E-state index in [-0.39, 0.29) is 49.3 Å². The maximum absolute atomic E-state index is 17.8. The number of fused-ring (bicyclic) bond motifs is 7. The third-order valence-corrected chi connectivity index (χ3v) is 16.9. The number of Topliss-reactive ketones (excluding diaryl/α,β-unsaturated/α-hetero) is 1. The molecular formula is C54H72BrFN6O14. The van der Waals surface area contributed by atoms with Gasteiger partial charge in [0.15, 0.2) is 29.1 Å². The molecule has 1 aromatic carbocycles. The molecule has 2 aromatic rings. The number of carbonyl (C=O) groups excluding carboxylic acids is 7. The van der Waals surface area contributed by atoms with Crippen LogP contribution in [0.4, 0.5) is 10.1 Å². The van der Waals surface area contributed by atoms with E-state index in [4.69, 9.17) is 18.9 Å². The summed E-state index contributed by atoms with van der Waals surface area (Å²) in [6, 6.07) is 3.74. The van der Waals surface area contributed by atoms with Crippen LogP contribution in [0.3, 0.4) is 0 Å². The van der Waals surface area contributed by atoms with Crippen LogP contribution in [-0.4, -0.2) is 148 Å². The number of alkyl halides is 2. The van der Waals surface area contributed by atoms with Crippen LogP contribution in [0, 0.1) is 22.7 Å². The molecule has 0 unspecified atom stereocenters. The lowest BCUT2D eigenvalue weighted by Gasteiger charge is -2.62. The SMILES string of the molecule is COCCOCCC(=O)NCCCC[C@H](NC(=O)CBr)C(=O)N[C@@H](C)C(=O)N[C@@H](C)C(=O)Nc1ccc(Cn2ccc([C@@H]3O[C@@H]4C[C@H]5[C@@H]6CCC7=CC(=O)C=C[C@]7(C)[C@@]6(F)[C@@H](O)C[C@]5(C)[C@]4(C(=O)CO)O3)c2)cc1CO. The van der Waals surface area contributed by atoms with E-state index in [1.54, 1.807) is 56.8 Å². The van der Waals surface area contributed by atoms with E-state index in [0.717, 1.165) is 5.56 Å². The number of aliphatic hydroxyl groups excluding tert-OH is 3. The second-order valence-electron chi connectivity index (χ2n) is 21.1. The van der Waals surface area contributed by atoms with Gasteiger partial charge in [-0.2, -0.15) is 0 Å². The van der Waals surface area contributed by atoms with Gasteiger partial charge in [-0.25, -0.2) is 4.39 Å². The van der Waals surface area contributed by atoms with Gasteiger partial charge < -0.3 is 65.4 Å². The van der Waals surface area contributed by atoms with Crippen LogP contribution in [0.2, 0.25) is 0 Å². The lowest BCUT2D eigenvalue weighted by Crippen LogP contribution is -2.69. The molecule has 1 saturated heterocycles. The predicted molar refractivity (Wildman–Crippen MR) is 277 cm³/mol. The van der Waals surface area contributed by atoms with Crippen molar-refractivity contribution in [3.63, 3.8) is 0 Å². The number of rotatable bonds is 25. The van der Waals surface area contributed by atoms with Crippen molar-refractivity contribution in [1.82, 2.24) is 25.8 Å². The number of ketones is 2. The first-order valence-electron chi connectivity index (χ1n) is 26.0. The summed E-state index contributed by atoms with van der Waals surface area (Å²) in [6.07, 6.45) is 6.96. The number of amides is 5. The largest absolute Gasteiger partial charge is 0.392 e. The molecule has 20 nitrogen and oxygen atoms in total. The van der Waals surface area contributed by atoms with Gasteiger partial charge in [0, 0.05) is 72.6 Å². The van der Waals surface area contributed by atoms with Gasteiger partial charge in [-0.3, -0.25) is 33.6 Å². The number of halogens is 2. The molecule has 4 fully saturated rings. The van der Waals surface area contributed by atoms with Crippen molar-refractivity contribution in [2.45, 2.75) is 140 Å². The highest BCUT2D eigenvalue weighted by Crippen LogP contribution is 2.72. The molecule has 3 saturated carbocycles. The number of nitrogens with one attached hydrogen (secondary N) is 5. The van der Waals surface area contributed by atoms with Crippen LogP contribution in [0.1, 0.15) is 102 Å². The van der Waals surface area contributed by atoms with Crippen LogP contribution in [0.25, 0.3) is 0 Å². The monoisotopic (exact) mass is 1130 g/mol. The molecule has 416 valence electrons. The minimum absolute atomic E-state index is 0.0476. The first kappa shape index (κ1) is 58.5. The van der Waals surface area contributed by atoms with Gasteiger partial charge in [0.2, 0.25) is 29.5 Å². The Morgan fingerprint density at radius 3 is 2.43 bits per heavy atom. The van der Waals surface area contributed by atoms with Gasteiger partial charge in [0.25, 0.3) is 0 Å². The molecule has 12 atom stereocenters. The number of benzene rings is 1. The highest BCUT2D eigenvalue weighted by atomic mass is 79.9. The van der Waals surface area contributed by atoms with Crippen molar-refractivity contribution >= 4 is 62.7 Å². The number of aromatic nitrogens is 1. The Labute approximate surface area is 449 Å². The van der Waals surface area contributed by atoms with Crippen molar-refractivity contribution in [2.24, 2.45) is 22.7 Å². The van der Waals surface area contributed by atoms with Crippen LogP contribution in [0.15, 0.2) is 60.5 Å². The van der Waals surface area contributed by atoms with E-state index in [0.29, 0.717) is 74.4 Å². The molecule has 5 aliphatic rings. The Kier molecular flexibility index (Phi) is 19.0. The number of nitrogens with zero attached hydrogens (tertiary/aromatic N) is 1. The zero-order valence-electron chi connectivity index (χ0n) is 43.7. The Bertz CT molecular complexity index is 2580. The molecular weight excluding hydrogens is 1060 g/mol. The molecule has 8 N–H and O–H groups in total. The number of aliphatic hydroxyl groups is 3. The standard InChI is InChI=1S/C54H72BrFN6O14/c1-31(59-49(72)41(60-46(69)26-55)8-6-7-17-57-45(68)15-19-74-21-20-73-5)47(70)58-32(2)48(71)61-40-12-9-33(22-35(40)29-63)27-62-18-14-34(28-62)50-75-44-24-39-38-11-10-36-23-37(65)13-16-51(36,3)53(38,56)42(66)25-52(39,4)54(44,76-50)43(67)30-64/h9,12-14,16,18,22-23,28,31-32,38-39,41-42,44,50,63-64,66H,6-8,10-11,15,17,19-21,24-27,29-30H2,1-5H3,(H,57,68)(H,58,70)(H,59,72)(H,60,69)(H,61,71)/t31-,32-,38-,39-,41-,42-,44+,50+,51-,52-,53-,54+/m0/s1. The molecule has 7 rings (SSSR count). The van der Waals surface area contributed by atoms with E-state index < -0.39 is 113 Å². The number of hydrogen-bond acceptors (Lipinski definition) is 14. The van der Waals surface area contributed by atoms with Gasteiger partial charge >= 0.3 is 0 Å². The summed E-state index contributed by atoms with van der Waals surface area (Å²) in [6.45, 7) is 6.93. The van der Waals surface area contributed by atoms with Crippen molar-refractivity contribution in [3.05, 3.63) is 77.2 Å². The molecule has 4 aliphatic carbocycles. The number of carbonyl (C=O) groups is 7. The van der Waals surface area contributed by atoms with E-state index in [1.807, 2.05) is 11.5 Å². The van der Waals surface area contributed by atoms with Gasteiger partial charge in [-0.15, -0.1) is 0 Å². The molecule has 0 spiro atoms. The summed E-state index contributed by atoms with van der Waals surface area (Å²) < 4.78 is 43.1. The molecule has 1 aromatic heterocycles. The van der Waals surface area contributed by atoms with Crippen molar-refractivity contribution in [3.8, 4) is 0 Å². The van der Waals surface area contributed by atoms with Crippen LogP contribution in [-0.2, 0) is 65.7 Å². The minimum atomic E-state index is -2.12. The van der Waals surface area contributed by atoms with Crippen LogP contribution < -0.4 is 26.6 Å². The summed E-state index contributed by atoms with van der Waals surface area (Å²) in [4.78, 5) is 90.5. The average Bonchev–Trinajstić information content (AvgIpc) is 4.09. The maximum atomic E-state index is 17.8. The first-order chi connectivity index (χ1) is 36.2. The Morgan fingerprint density at radius 2 is 1.71 bits per heavy atom. The van der Waals surface area contributed by atoms with Crippen molar-refractivity contribution in [2.75, 3.05) is 50.7 Å². The second kappa shape index (κ2) is 24.6. The quantitative estimate of drug-likeness (QED) is 0.0525. The fourth-order valence-electron chi connectivity index (χ4n) is 12.4. The van der Waals surface area contributed by atoms with E-state index in [1.165, 1.54) is 26.0 Å². The normalized spacial score (nSPS) is 29.4. The number of methoxy groups -OCH3 is 1. The fraction of sp³-hybridized carbons (Fsp3) is 0.611. The van der Waals surface area contributed by atoms with Crippen LogP contribution in [0.5, 0.6) is 0 Å². The minimum Gasteiger partial charge on any atom is -0.392 e. The first-order valence-corrected chi connectivity index (χ1v) is 27.1. The number of allylic oxidation sites excluding steroid dienone is 4. The fourth-order valence-corrected chi connectivity index (χ4v) is 12.5. The lowest BCUT2D eigenvalue weighted by molar-refractivity contribution is -0.231. The van der Waals surface area contributed by atoms with E-state index >= 15 is 4.39 Å². The lowest BCUT2D eigenvalue weighted by atomic mass is 9.44. The Hall–Kier alpha value is -5.20. The summed E-state index contributed by atoms with van der Waals surface area (Å²) in [5.41, 5.74) is -3.46. The molecule has 0 bridgehead atoms. The van der Waals surface area contributed by atoms with E-state index in [2.05, 4.69) is 42.5 Å². The molecule has 0 radical (unpaired) electrons. The number of ether oxygens (including phenoxy) is 4. The molecule has 5 amide bonds. The zero-order valence-corrected chi connectivity index (χ0v) is 45.3. The Balaban J connectivity index is 0.916. The molecule has 76 heavy (non-hydrogen) atoms. The topological polar surface area (TPSA) is 282 Å². The van der Waals surface area contributed by atoms with Gasteiger partial charge in [-0.05, 0) is 108 Å². The smallest absolute Gasteiger partial charge is 0.246 e. The summed E-state index contributed by atoms with van der Waals surface area (Å²) in [5, 5.41) is 46.0. The summed E-state index contributed by atoms with van der Waals surface area (Å²) in [5.74, 6) is -4.43. The third-order valence-electron chi connectivity index (χ3n) is 16.4. The highest BCUT2D eigenvalue weighted by molar-refractivity contribution is 9.09. The van der Waals surface area contributed by atoms with Crippen molar-refractivity contribution in [1.29, 1.82) is 0 Å². The van der Waals surface area contributed by atoms with Gasteiger partial charge in [0.05, 0.1) is 44.0 Å². The van der Waals surface area contributed by atoms with Crippen molar-refractivity contribution < 1.29 is 72.2 Å². The average molecular weight is 1130 g/mol. The zero-order chi connectivity index (χ0) is 55.2. The second-order valence-corrected chi connectivity index (χ2v) is 21.6. The highest BCUT2D eigenvalue weighted by Gasteiger charge is 2.79. The Morgan fingerprint density at radius 1 is 0.961 bits per heavy atom. The molecule has 22 heteroatoms. The van der Waals surface area contributed by atoms with E-state index in [9.17, 15) is 48.9 Å². The summed E-state index contributed by atoms with van der Waals surface area (Å²) in [7, 11) is 1.56. The number of anilines is 1. The number of unbranched alkanes of at least 4 members (excludes halogenated alkanes) is 1. The molecule has 2 heterocycles. The van der Waals surface area contributed by atoms with Crippen LogP contribution >= 0.6 is 15.9 Å². The molecule has 1 aliphatic heterocycles. The predicted octanol–water partition coefficient (Wildman–Crippen LogP) is 2.89. The van der Waals surface area contributed by atoms with Gasteiger partial charge in [-0.1, -0.05) is 40.6 Å². The number of hydrogen-bond donors (Lipinski definition) is 8. The van der Waals surface area contributed by atoms with Gasteiger partial charge in [0.1, 0.15) is 24.7 Å². The summed E-state index contributed by atoms with van der Waals surface area (Å²) >= 11 is 3.08. The third kappa shape index (κ3) is 11.6.